The second-order valence-corrected chi connectivity index (χ2v) is 5.51. The first kappa shape index (κ1) is 14.0. The molecule has 1 N–H and O–H groups in total. The Hall–Kier alpha value is -0.0800. The molecule has 0 unspecified atom stereocenters. The van der Waals surface area contributed by atoms with Crippen molar-refractivity contribution in [2.75, 3.05) is 26.2 Å². The first-order valence-electron chi connectivity index (χ1n) is 7.13. The van der Waals surface area contributed by atoms with E-state index in [1.54, 1.807) is 0 Å². The van der Waals surface area contributed by atoms with Crippen LogP contribution < -0.4 is 5.32 Å². The Balaban J connectivity index is 1.93. The molecule has 1 fully saturated rings. The summed E-state index contributed by atoms with van der Waals surface area (Å²) in [6.45, 7) is 14.0. The van der Waals surface area contributed by atoms with Gasteiger partial charge in [0.25, 0.3) is 0 Å². The molecule has 1 aliphatic carbocycles. The maximum atomic E-state index is 3.68. The van der Waals surface area contributed by atoms with Crippen LogP contribution in [0.2, 0.25) is 0 Å². The fourth-order valence-electron chi connectivity index (χ4n) is 2.52. The zero-order valence-corrected chi connectivity index (χ0v) is 11.6. The van der Waals surface area contributed by atoms with Crippen molar-refractivity contribution in [2.24, 2.45) is 11.8 Å². The Morgan fingerprint density at radius 3 is 2.31 bits per heavy atom. The minimum atomic E-state index is 0.823. The lowest BCUT2D eigenvalue weighted by Crippen LogP contribution is -2.43. The summed E-state index contributed by atoms with van der Waals surface area (Å²) in [4.78, 5) is 2.50. The summed E-state index contributed by atoms with van der Waals surface area (Å²) in [6.07, 6.45) is 4.11. The van der Waals surface area contributed by atoms with E-state index in [0.717, 1.165) is 17.9 Å². The van der Waals surface area contributed by atoms with E-state index in [1.165, 1.54) is 45.4 Å². The van der Waals surface area contributed by atoms with Crippen LogP contribution in [0.1, 0.15) is 47.0 Å². The van der Waals surface area contributed by atoms with Crippen molar-refractivity contribution in [1.29, 1.82) is 0 Å². The molecule has 2 heteroatoms. The molecular formula is C14H30N2. The molecule has 0 saturated heterocycles. The van der Waals surface area contributed by atoms with E-state index in [0.29, 0.717) is 0 Å². The van der Waals surface area contributed by atoms with Gasteiger partial charge in [0.05, 0.1) is 0 Å². The smallest absolute Gasteiger partial charge is 0.00725 e. The number of nitrogens with zero attached hydrogens (tertiary/aromatic N) is 1. The van der Waals surface area contributed by atoms with Crippen LogP contribution in [0.25, 0.3) is 0 Å². The van der Waals surface area contributed by atoms with Gasteiger partial charge in [-0.3, -0.25) is 0 Å². The topological polar surface area (TPSA) is 15.3 Å². The highest BCUT2D eigenvalue weighted by atomic mass is 15.1. The van der Waals surface area contributed by atoms with Gasteiger partial charge in [-0.15, -0.1) is 0 Å². The monoisotopic (exact) mass is 226 g/mol. The predicted molar refractivity (Wildman–Crippen MR) is 71.8 cm³/mol. The number of hydrogen-bond donors (Lipinski definition) is 1. The molecule has 0 atom stereocenters. The van der Waals surface area contributed by atoms with Crippen LogP contribution >= 0.6 is 0 Å². The lowest BCUT2D eigenvalue weighted by molar-refractivity contribution is 0.167. The molecular weight excluding hydrogens is 196 g/mol. The zero-order chi connectivity index (χ0) is 12.0. The molecule has 0 aromatic heterocycles. The van der Waals surface area contributed by atoms with Gasteiger partial charge < -0.3 is 10.2 Å². The second kappa shape index (κ2) is 7.29. The van der Waals surface area contributed by atoms with Crippen LogP contribution in [0.5, 0.6) is 0 Å². The first-order chi connectivity index (χ1) is 7.67. The van der Waals surface area contributed by atoms with Crippen LogP contribution in [0.15, 0.2) is 0 Å². The zero-order valence-electron chi connectivity index (χ0n) is 11.6. The minimum Gasteiger partial charge on any atom is -0.314 e. The third-order valence-corrected chi connectivity index (χ3v) is 4.10. The van der Waals surface area contributed by atoms with Gasteiger partial charge in [-0.1, -0.05) is 27.7 Å². The normalized spacial score (nSPS) is 25.1. The van der Waals surface area contributed by atoms with E-state index >= 15 is 0 Å². The van der Waals surface area contributed by atoms with Gasteiger partial charge in [0, 0.05) is 6.04 Å². The van der Waals surface area contributed by atoms with Gasteiger partial charge in [-0.25, -0.2) is 0 Å². The van der Waals surface area contributed by atoms with Gasteiger partial charge >= 0.3 is 0 Å². The van der Waals surface area contributed by atoms with Crippen molar-refractivity contribution in [3.8, 4) is 0 Å². The minimum absolute atomic E-state index is 0.823. The number of rotatable bonds is 8. The van der Waals surface area contributed by atoms with Crippen LogP contribution in [-0.4, -0.2) is 37.1 Å². The van der Waals surface area contributed by atoms with Crippen molar-refractivity contribution in [1.82, 2.24) is 10.2 Å². The SMILES string of the molecule is CCN(CC)CCCNC1CC(C(C)C)C1. The highest BCUT2D eigenvalue weighted by Crippen LogP contribution is 2.33. The van der Waals surface area contributed by atoms with E-state index in [4.69, 9.17) is 0 Å². The third-order valence-electron chi connectivity index (χ3n) is 4.10. The fraction of sp³-hybridized carbons (Fsp3) is 1.00. The average molecular weight is 226 g/mol. The Kier molecular flexibility index (Phi) is 6.37. The molecule has 0 bridgehead atoms. The quantitative estimate of drug-likeness (QED) is 0.640. The molecule has 0 aromatic carbocycles. The molecule has 96 valence electrons. The van der Waals surface area contributed by atoms with Crippen LogP contribution in [0, 0.1) is 11.8 Å². The average Bonchev–Trinajstić information content (AvgIpc) is 2.20. The van der Waals surface area contributed by atoms with Crippen LogP contribution in [-0.2, 0) is 0 Å². The molecule has 1 rings (SSSR count). The predicted octanol–water partition coefficient (Wildman–Crippen LogP) is 2.74. The molecule has 0 amide bonds. The third kappa shape index (κ3) is 4.42. The van der Waals surface area contributed by atoms with Crippen LogP contribution in [0.4, 0.5) is 0 Å². The maximum Gasteiger partial charge on any atom is 0.00725 e. The summed E-state index contributed by atoms with van der Waals surface area (Å²) in [5.74, 6) is 1.87. The largest absolute Gasteiger partial charge is 0.314 e. The standard InChI is InChI=1S/C14H30N2/c1-5-16(6-2)9-7-8-15-14-10-13(11-14)12(3)4/h12-15H,5-11H2,1-4H3. The summed E-state index contributed by atoms with van der Waals surface area (Å²) in [7, 11) is 0. The molecule has 0 heterocycles. The van der Waals surface area contributed by atoms with Crippen molar-refractivity contribution >= 4 is 0 Å². The van der Waals surface area contributed by atoms with Crippen molar-refractivity contribution in [3.63, 3.8) is 0 Å². The molecule has 0 radical (unpaired) electrons. The second-order valence-electron chi connectivity index (χ2n) is 5.51. The molecule has 0 aromatic rings. The molecule has 0 aliphatic heterocycles. The van der Waals surface area contributed by atoms with E-state index in [1.807, 2.05) is 0 Å². The Morgan fingerprint density at radius 2 is 1.81 bits per heavy atom. The van der Waals surface area contributed by atoms with E-state index in [-0.39, 0.29) is 0 Å². The van der Waals surface area contributed by atoms with E-state index in [9.17, 15) is 0 Å². The van der Waals surface area contributed by atoms with Crippen molar-refractivity contribution < 1.29 is 0 Å². The van der Waals surface area contributed by atoms with Gasteiger partial charge in [0.2, 0.25) is 0 Å². The maximum absolute atomic E-state index is 3.68. The van der Waals surface area contributed by atoms with Gasteiger partial charge in [0.15, 0.2) is 0 Å². The molecule has 2 nitrogen and oxygen atoms in total. The number of hydrogen-bond acceptors (Lipinski definition) is 2. The summed E-state index contributed by atoms with van der Waals surface area (Å²) in [5, 5.41) is 3.68. The first-order valence-corrected chi connectivity index (χ1v) is 7.13. The summed E-state index contributed by atoms with van der Waals surface area (Å²) in [5.41, 5.74) is 0. The Labute approximate surface area is 102 Å². The summed E-state index contributed by atoms with van der Waals surface area (Å²) in [6, 6.07) is 0.823. The highest BCUT2D eigenvalue weighted by molar-refractivity contribution is 4.86. The van der Waals surface area contributed by atoms with Gasteiger partial charge in [-0.05, 0) is 57.3 Å². The highest BCUT2D eigenvalue weighted by Gasteiger charge is 2.30. The summed E-state index contributed by atoms with van der Waals surface area (Å²) >= 11 is 0. The van der Waals surface area contributed by atoms with Crippen molar-refractivity contribution in [2.45, 2.75) is 53.0 Å². The van der Waals surface area contributed by atoms with E-state index in [2.05, 4.69) is 37.9 Å². The lowest BCUT2D eigenvalue weighted by atomic mass is 9.74. The summed E-state index contributed by atoms with van der Waals surface area (Å²) < 4.78 is 0. The molecule has 1 saturated carbocycles. The molecule has 16 heavy (non-hydrogen) atoms. The van der Waals surface area contributed by atoms with Crippen LogP contribution in [0.3, 0.4) is 0 Å². The lowest BCUT2D eigenvalue weighted by Gasteiger charge is -2.38. The Bertz CT molecular complexity index is 170. The number of nitrogens with one attached hydrogen (secondary N) is 1. The fourth-order valence-corrected chi connectivity index (χ4v) is 2.52. The van der Waals surface area contributed by atoms with Gasteiger partial charge in [0.1, 0.15) is 0 Å². The van der Waals surface area contributed by atoms with E-state index < -0.39 is 0 Å². The van der Waals surface area contributed by atoms with Crippen molar-refractivity contribution in [3.05, 3.63) is 0 Å². The molecule has 1 aliphatic rings. The molecule has 0 spiro atoms. The Morgan fingerprint density at radius 1 is 1.19 bits per heavy atom. The van der Waals surface area contributed by atoms with Gasteiger partial charge in [-0.2, -0.15) is 0 Å².